The first-order chi connectivity index (χ1) is 10.1. The van der Waals surface area contributed by atoms with E-state index in [1.165, 1.54) is 18.2 Å². The number of nitrogens with zero attached hydrogens (tertiary/aromatic N) is 2. The number of amides is 1. The van der Waals surface area contributed by atoms with Gasteiger partial charge in [0.2, 0.25) is 11.8 Å². The second kappa shape index (κ2) is 6.03. The molecule has 1 aromatic carbocycles. The van der Waals surface area contributed by atoms with E-state index in [-0.39, 0.29) is 17.3 Å². The minimum atomic E-state index is -0.536. The lowest BCUT2D eigenvalue weighted by Gasteiger charge is -2.05. The third-order valence-electron chi connectivity index (χ3n) is 2.88. The van der Waals surface area contributed by atoms with E-state index in [1.807, 2.05) is 0 Å². The molecule has 1 N–H and O–H groups in total. The average molecular weight is 328 g/mol. The summed E-state index contributed by atoms with van der Waals surface area (Å²) in [6, 6.07) is 3.97. The molecule has 2 aromatic rings. The Morgan fingerprint density at radius 3 is 3.05 bits per heavy atom. The largest absolute Gasteiger partial charge is 0.416 e. The molecular formula is C13H11ClFN3O2S. The molecule has 1 amide bonds. The van der Waals surface area contributed by atoms with Crippen molar-refractivity contribution in [1.29, 1.82) is 0 Å². The van der Waals surface area contributed by atoms with Crippen molar-refractivity contribution in [1.82, 2.24) is 10.2 Å². The Labute approximate surface area is 129 Å². The van der Waals surface area contributed by atoms with Gasteiger partial charge in [0.05, 0.1) is 11.4 Å². The van der Waals surface area contributed by atoms with E-state index in [9.17, 15) is 9.18 Å². The molecule has 1 aliphatic rings. The van der Waals surface area contributed by atoms with Crippen LogP contribution >= 0.6 is 23.4 Å². The van der Waals surface area contributed by atoms with Crippen LogP contribution in [0.1, 0.15) is 24.7 Å². The summed E-state index contributed by atoms with van der Waals surface area (Å²) in [5.41, 5.74) is 0.0531. The minimum absolute atomic E-state index is 0.0531. The molecule has 0 unspecified atom stereocenters. The molecule has 0 aliphatic heterocycles. The Bertz CT molecular complexity index is 675. The first-order valence-corrected chi connectivity index (χ1v) is 7.69. The highest BCUT2D eigenvalue weighted by atomic mass is 35.5. The maximum absolute atomic E-state index is 13.5. The van der Waals surface area contributed by atoms with E-state index in [1.54, 1.807) is 0 Å². The average Bonchev–Trinajstić information content (AvgIpc) is 3.20. The van der Waals surface area contributed by atoms with Gasteiger partial charge in [-0.1, -0.05) is 23.4 Å². The molecule has 0 bridgehead atoms. The quantitative estimate of drug-likeness (QED) is 0.852. The maximum Gasteiger partial charge on any atom is 0.277 e. The number of benzene rings is 1. The molecule has 21 heavy (non-hydrogen) atoms. The van der Waals surface area contributed by atoms with Crippen molar-refractivity contribution in [2.75, 3.05) is 11.1 Å². The van der Waals surface area contributed by atoms with Gasteiger partial charge < -0.3 is 9.73 Å². The molecule has 0 spiro atoms. The summed E-state index contributed by atoms with van der Waals surface area (Å²) in [5, 5.41) is 10.9. The lowest BCUT2D eigenvalue weighted by atomic mass is 10.3. The first-order valence-electron chi connectivity index (χ1n) is 6.33. The molecule has 0 radical (unpaired) electrons. The molecule has 1 aromatic heterocycles. The van der Waals surface area contributed by atoms with Crippen LogP contribution in [0, 0.1) is 5.82 Å². The third-order valence-corrected chi connectivity index (χ3v) is 3.93. The van der Waals surface area contributed by atoms with Crippen LogP contribution in [-0.4, -0.2) is 21.9 Å². The van der Waals surface area contributed by atoms with Gasteiger partial charge in [-0.05, 0) is 31.0 Å². The van der Waals surface area contributed by atoms with E-state index in [0.29, 0.717) is 22.1 Å². The van der Waals surface area contributed by atoms with E-state index < -0.39 is 5.82 Å². The standard InChI is InChI=1S/C13H11ClFN3O2S/c14-8-3-4-9(15)10(5-8)16-11(19)6-21-13-18-17-12(20-13)7-1-2-7/h3-5,7H,1-2,6H2,(H,16,19). The number of halogens is 2. The SMILES string of the molecule is O=C(CSc1nnc(C2CC2)o1)Nc1cc(Cl)ccc1F. The van der Waals surface area contributed by atoms with Gasteiger partial charge in [-0.25, -0.2) is 4.39 Å². The molecule has 8 heteroatoms. The number of carbonyl (C=O) groups excluding carboxylic acids is 1. The molecule has 1 heterocycles. The molecule has 3 rings (SSSR count). The zero-order valence-corrected chi connectivity index (χ0v) is 12.4. The lowest BCUT2D eigenvalue weighted by Crippen LogP contribution is -2.15. The van der Waals surface area contributed by atoms with Crippen molar-refractivity contribution in [2.24, 2.45) is 0 Å². The van der Waals surface area contributed by atoms with Crippen LogP contribution in [0.2, 0.25) is 5.02 Å². The Morgan fingerprint density at radius 1 is 1.48 bits per heavy atom. The predicted molar refractivity (Wildman–Crippen MR) is 77.0 cm³/mol. The number of rotatable bonds is 5. The number of aromatic nitrogens is 2. The molecule has 0 atom stereocenters. The van der Waals surface area contributed by atoms with Crippen molar-refractivity contribution in [3.63, 3.8) is 0 Å². The topological polar surface area (TPSA) is 68.0 Å². The Morgan fingerprint density at radius 2 is 2.29 bits per heavy atom. The third kappa shape index (κ3) is 3.74. The molecule has 5 nitrogen and oxygen atoms in total. The summed E-state index contributed by atoms with van der Waals surface area (Å²) in [5.74, 6) is 0.150. The fourth-order valence-corrected chi connectivity index (χ4v) is 2.42. The molecule has 1 fully saturated rings. The van der Waals surface area contributed by atoms with Crippen LogP contribution in [0.5, 0.6) is 0 Å². The summed E-state index contributed by atoms with van der Waals surface area (Å²) in [6.45, 7) is 0. The number of thioether (sulfide) groups is 1. The van der Waals surface area contributed by atoms with Crippen molar-refractivity contribution >= 4 is 35.0 Å². The van der Waals surface area contributed by atoms with Crippen LogP contribution in [0.4, 0.5) is 10.1 Å². The summed E-state index contributed by atoms with van der Waals surface area (Å²) in [6.07, 6.45) is 2.14. The van der Waals surface area contributed by atoms with Gasteiger partial charge in [0.15, 0.2) is 0 Å². The Balaban J connectivity index is 1.54. The van der Waals surface area contributed by atoms with Gasteiger partial charge in [0, 0.05) is 10.9 Å². The first kappa shape index (κ1) is 14.3. The van der Waals surface area contributed by atoms with Gasteiger partial charge in [-0.15, -0.1) is 10.2 Å². The van der Waals surface area contributed by atoms with Crippen molar-refractivity contribution in [3.05, 3.63) is 34.9 Å². The van der Waals surface area contributed by atoms with Crippen LogP contribution in [-0.2, 0) is 4.79 Å². The highest BCUT2D eigenvalue weighted by Gasteiger charge is 2.29. The number of hydrogen-bond acceptors (Lipinski definition) is 5. The number of carbonyl (C=O) groups is 1. The monoisotopic (exact) mass is 327 g/mol. The van der Waals surface area contributed by atoms with Crippen LogP contribution < -0.4 is 5.32 Å². The zero-order valence-electron chi connectivity index (χ0n) is 10.8. The molecular weight excluding hydrogens is 317 g/mol. The van der Waals surface area contributed by atoms with Crippen molar-refractivity contribution in [2.45, 2.75) is 24.0 Å². The molecule has 1 saturated carbocycles. The normalized spacial score (nSPS) is 14.2. The van der Waals surface area contributed by atoms with E-state index in [4.69, 9.17) is 16.0 Å². The van der Waals surface area contributed by atoms with Crippen LogP contribution in [0.15, 0.2) is 27.8 Å². The highest BCUT2D eigenvalue weighted by Crippen LogP contribution is 2.39. The second-order valence-corrected chi connectivity index (χ2v) is 6.00. The molecule has 0 saturated heterocycles. The second-order valence-electron chi connectivity index (χ2n) is 4.64. The number of anilines is 1. The van der Waals surface area contributed by atoms with E-state index >= 15 is 0 Å². The predicted octanol–water partition coefficient (Wildman–Crippen LogP) is 3.47. The van der Waals surface area contributed by atoms with Crippen molar-refractivity contribution < 1.29 is 13.6 Å². The Hall–Kier alpha value is -1.60. The van der Waals surface area contributed by atoms with Gasteiger partial charge >= 0.3 is 0 Å². The fourth-order valence-electron chi connectivity index (χ4n) is 1.68. The number of nitrogens with one attached hydrogen (secondary N) is 1. The summed E-state index contributed by atoms with van der Waals surface area (Å²) < 4.78 is 18.9. The van der Waals surface area contributed by atoms with Gasteiger partial charge in [0.25, 0.3) is 5.22 Å². The maximum atomic E-state index is 13.5. The van der Waals surface area contributed by atoms with E-state index in [2.05, 4.69) is 15.5 Å². The highest BCUT2D eigenvalue weighted by molar-refractivity contribution is 7.99. The van der Waals surface area contributed by atoms with Crippen molar-refractivity contribution in [3.8, 4) is 0 Å². The lowest BCUT2D eigenvalue weighted by molar-refractivity contribution is -0.113. The fraction of sp³-hybridized carbons (Fsp3) is 0.308. The summed E-state index contributed by atoms with van der Waals surface area (Å²) in [4.78, 5) is 11.8. The van der Waals surface area contributed by atoms with E-state index in [0.717, 1.165) is 24.6 Å². The molecule has 1 aliphatic carbocycles. The van der Waals surface area contributed by atoms with Gasteiger partial charge in [0.1, 0.15) is 5.82 Å². The Kier molecular flexibility index (Phi) is 4.12. The minimum Gasteiger partial charge on any atom is -0.416 e. The zero-order chi connectivity index (χ0) is 14.8. The van der Waals surface area contributed by atoms with Crippen LogP contribution in [0.3, 0.4) is 0 Å². The van der Waals surface area contributed by atoms with Gasteiger partial charge in [-0.2, -0.15) is 0 Å². The van der Waals surface area contributed by atoms with Gasteiger partial charge in [-0.3, -0.25) is 4.79 Å². The smallest absolute Gasteiger partial charge is 0.277 e. The van der Waals surface area contributed by atoms with Crippen LogP contribution in [0.25, 0.3) is 0 Å². The molecule has 110 valence electrons. The summed E-state index contributed by atoms with van der Waals surface area (Å²) >= 11 is 6.87. The number of hydrogen-bond donors (Lipinski definition) is 1. The summed E-state index contributed by atoms with van der Waals surface area (Å²) in [7, 11) is 0.